The van der Waals surface area contributed by atoms with Crippen LogP contribution < -0.4 is 0 Å². The lowest BCUT2D eigenvalue weighted by Gasteiger charge is -1.95. The first kappa shape index (κ1) is 8.57. The van der Waals surface area contributed by atoms with Crippen LogP contribution in [0.5, 0.6) is 0 Å². The average Bonchev–Trinajstić information content (AvgIpc) is 2.68. The largest absolute Gasteiger partial charge is 0.481 e. The standard InChI is InChI=1S/C9H16O2/c1-2-3-4-5-7-6-8(7)9(10)11/h7-8H,2-6H2,1H3,(H,10,11)/t7-,8+/m0/s1. The molecule has 1 aliphatic carbocycles. The number of aliphatic carboxylic acids is 1. The van der Waals surface area contributed by atoms with Crippen molar-refractivity contribution in [2.24, 2.45) is 11.8 Å². The van der Waals surface area contributed by atoms with Crippen molar-refractivity contribution >= 4 is 5.97 Å². The number of unbranched alkanes of at least 4 members (excludes halogenated alkanes) is 2. The highest BCUT2D eigenvalue weighted by Crippen LogP contribution is 2.42. The van der Waals surface area contributed by atoms with E-state index in [1.54, 1.807) is 0 Å². The molecular formula is C9H16O2. The van der Waals surface area contributed by atoms with Crippen LogP contribution in [0.2, 0.25) is 0 Å². The number of rotatable bonds is 5. The second-order valence-electron chi connectivity index (χ2n) is 3.44. The van der Waals surface area contributed by atoms with Gasteiger partial charge in [0.1, 0.15) is 0 Å². The van der Waals surface area contributed by atoms with Crippen LogP contribution >= 0.6 is 0 Å². The van der Waals surface area contributed by atoms with Gasteiger partial charge in [0.25, 0.3) is 0 Å². The molecule has 11 heavy (non-hydrogen) atoms. The number of hydrogen-bond acceptors (Lipinski definition) is 1. The first-order valence-corrected chi connectivity index (χ1v) is 4.48. The van der Waals surface area contributed by atoms with Crippen molar-refractivity contribution in [1.29, 1.82) is 0 Å². The van der Waals surface area contributed by atoms with Crippen LogP contribution in [0.3, 0.4) is 0 Å². The van der Waals surface area contributed by atoms with E-state index < -0.39 is 5.97 Å². The molecule has 1 N–H and O–H groups in total. The first-order chi connectivity index (χ1) is 5.25. The molecule has 0 bridgehead atoms. The van der Waals surface area contributed by atoms with Crippen LogP contribution in [0.15, 0.2) is 0 Å². The number of hydrogen-bond donors (Lipinski definition) is 1. The Labute approximate surface area is 67.6 Å². The van der Waals surface area contributed by atoms with Crippen molar-refractivity contribution in [3.8, 4) is 0 Å². The molecule has 2 heteroatoms. The topological polar surface area (TPSA) is 37.3 Å². The minimum atomic E-state index is -0.591. The van der Waals surface area contributed by atoms with Gasteiger partial charge in [-0.3, -0.25) is 4.79 Å². The van der Waals surface area contributed by atoms with E-state index in [4.69, 9.17) is 5.11 Å². The molecule has 0 unspecified atom stereocenters. The molecule has 0 heterocycles. The minimum Gasteiger partial charge on any atom is -0.481 e. The van der Waals surface area contributed by atoms with Crippen molar-refractivity contribution in [3.63, 3.8) is 0 Å². The number of carboxylic acids is 1. The summed E-state index contributed by atoms with van der Waals surface area (Å²) in [5, 5.41) is 8.58. The van der Waals surface area contributed by atoms with Crippen LogP contribution in [0.25, 0.3) is 0 Å². The van der Waals surface area contributed by atoms with Gasteiger partial charge in [-0.25, -0.2) is 0 Å². The lowest BCUT2D eigenvalue weighted by molar-refractivity contribution is -0.138. The second kappa shape index (κ2) is 3.74. The molecule has 0 saturated heterocycles. The van der Waals surface area contributed by atoms with E-state index in [-0.39, 0.29) is 5.92 Å². The fourth-order valence-electron chi connectivity index (χ4n) is 1.53. The molecule has 1 rings (SSSR count). The molecule has 0 aromatic heterocycles. The smallest absolute Gasteiger partial charge is 0.306 e. The third-order valence-electron chi connectivity index (χ3n) is 2.42. The normalized spacial score (nSPS) is 28.5. The van der Waals surface area contributed by atoms with E-state index >= 15 is 0 Å². The molecule has 0 radical (unpaired) electrons. The Morgan fingerprint density at radius 2 is 2.27 bits per heavy atom. The number of carbonyl (C=O) groups is 1. The monoisotopic (exact) mass is 156 g/mol. The molecule has 0 aliphatic heterocycles. The molecule has 1 aliphatic rings. The fraction of sp³-hybridized carbons (Fsp3) is 0.889. The van der Waals surface area contributed by atoms with E-state index in [2.05, 4.69) is 6.92 Å². The SMILES string of the molecule is CCCCC[C@H]1C[C@H]1C(=O)O. The zero-order valence-corrected chi connectivity index (χ0v) is 7.05. The third-order valence-corrected chi connectivity index (χ3v) is 2.42. The molecule has 0 aromatic rings. The highest BCUT2D eigenvalue weighted by atomic mass is 16.4. The molecule has 2 nitrogen and oxygen atoms in total. The Morgan fingerprint density at radius 3 is 2.73 bits per heavy atom. The Bertz CT molecular complexity index is 142. The first-order valence-electron chi connectivity index (χ1n) is 4.48. The molecule has 0 spiro atoms. The maximum absolute atomic E-state index is 10.4. The molecule has 0 aromatic carbocycles. The fourth-order valence-corrected chi connectivity index (χ4v) is 1.53. The van der Waals surface area contributed by atoms with Crippen LogP contribution in [0, 0.1) is 11.8 Å². The van der Waals surface area contributed by atoms with E-state index in [0.29, 0.717) is 5.92 Å². The number of carboxylic acid groups (broad SMARTS) is 1. The van der Waals surface area contributed by atoms with E-state index in [0.717, 1.165) is 12.8 Å². The lowest BCUT2D eigenvalue weighted by atomic mass is 10.1. The quantitative estimate of drug-likeness (QED) is 0.620. The molecule has 1 fully saturated rings. The summed E-state index contributed by atoms with van der Waals surface area (Å²) in [7, 11) is 0. The van der Waals surface area contributed by atoms with Gasteiger partial charge in [0.15, 0.2) is 0 Å². The predicted molar refractivity (Wildman–Crippen MR) is 43.4 cm³/mol. The van der Waals surface area contributed by atoms with E-state index in [1.807, 2.05) is 0 Å². The molecule has 2 atom stereocenters. The van der Waals surface area contributed by atoms with Crippen molar-refractivity contribution in [1.82, 2.24) is 0 Å². The van der Waals surface area contributed by atoms with Crippen molar-refractivity contribution in [3.05, 3.63) is 0 Å². The Morgan fingerprint density at radius 1 is 1.55 bits per heavy atom. The Balaban J connectivity index is 2.00. The van der Waals surface area contributed by atoms with E-state index in [1.165, 1.54) is 19.3 Å². The van der Waals surface area contributed by atoms with Gasteiger partial charge in [-0.05, 0) is 18.8 Å². The molecule has 0 amide bonds. The summed E-state index contributed by atoms with van der Waals surface area (Å²) < 4.78 is 0. The van der Waals surface area contributed by atoms with Crippen molar-refractivity contribution < 1.29 is 9.90 Å². The zero-order valence-electron chi connectivity index (χ0n) is 7.05. The summed E-state index contributed by atoms with van der Waals surface area (Å²) in [4.78, 5) is 10.4. The molecule has 1 saturated carbocycles. The van der Waals surface area contributed by atoms with Gasteiger partial charge in [-0.2, -0.15) is 0 Å². The summed E-state index contributed by atoms with van der Waals surface area (Å²) in [6, 6.07) is 0. The van der Waals surface area contributed by atoms with Gasteiger partial charge in [-0.15, -0.1) is 0 Å². The Kier molecular flexibility index (Phi) is 2.92. The zero-order chi connectivity index (χ0) is 8.27. The van der Waals surface area contributed by atoms with Gasteiger partial charge in [0.2, 0.25) is 0 Å². The lowest BCUT2D eigenvalue weighted by Crippen LogP contribution is -1.99. The summed E-state index contributed by atoms with van der Waals surface area (Å²) in [6.45, 7) is 2.17. The molecule has 64 valence electrons. The maximum Gasteiger partial charge on any atom is 0.306 e. The summed E-state index contributed by atoms with van der Waals surface area (Å²) in [5.41, 5.74) is 0. The second-order valence-corrected chi connectivity index (χ2v) is 3.44. The van der Waals surface area contributed by atoms with Crippen LogP contribution in [-0.4, -0.2) is 11.1 Å². The average molecular weight is 156 g/mol. The predicted octanol–water partition coefficient (Wildman–Crippen LogP) is 2.29. The highest BCUT2D eigenvalue weighted by molar-refractivity contribution is 5.73. The minimum absolute atomic E-state index is 0.00635. The van der Waals surface area contributed by atoms with Gasteiger partial charge in [-0.1, -0.05) is 26.2 Å². The molecular weight excluding hydrogens is 140 g/mol. The summed E-state index contributed by atoms with van der Waals surface area (Å²) >= 11 is 0. The third kappa shape index (κ3) is 2.52. The maximum atomic E-state index is 10.4. The highest BCUT2D eigenvalue weighted by Gasteiger charge is 2.41. The van der Waals surface area contributed by atoms with Crippen molar-refractivity contribution in [2.75, 3.05) is 0 Å². The van der Waals surface area contributed by atoms with Gasteiger partial charge < -0.3 is 5.11 Å². The van der Waals surface area contributed by atoms with Crippen LogP contribution in [0.1, 0.15) is 39.0 Å². The Hall–Kier alpha value is -0.530. The van der Waals surface area contributed by atoms with Gasteiger partial charge in [0, 0.05) is 0 Å². The van der Waals surface area contributed by atoms with Gasteiger partial charge >= 0.3 is 5.97 Å². The van der Waals surface area contributed by atoms with Crippen LogP contribution in [0.4, 0.5) is 0 Å². The summed E-state index contributed by atoms with van der Waals surface area (Å²) in [5.74, 6) is -0.0718. The van der Waals surface area contributed by atoms with E-state index in [9.17, 15) is 4.79 Å². The van der Waals surface area contributed by atoms with Crippen molar-refractivity contribution in [2.45, 2.75) is 39.0 Å². The van der Waals surface area contributed by atoms with Crippen LogP contribution in [-0.2, 0) is 4.79 Å². The van der Waals surface area contributed by atoms with Gasteiger partial charge in [0.05, 0.1) is 5.92 Å². The summed E-state index contributed by atoms with van der Waals surface area (Å²) in [6.07, 6.45) is 5.75.